The number of esters is 1. The molecule has 1 unspecified atom stereocenters. The van der Waals surface area contributed by atoms with E-state index in [1.54, 1.807) is 46.5 Å². The summed E-state index contributed by atoms with van der Waals surface area (Å²) in [5.41, 5.74) is 1.41. The lowest BCUT2D eigenvalue weighted by atomic mass is 9.99. The first-order chi connectivity index (χ1) is 24.1. The van der Waals surface area contributed by atoms with Crippen molar-refractivity contribution in [2.24, 2.45) is 5.41 Å². The summed E-state index contributed by atoms with van der Waals surface area (Å²) in [4.78, 5) is 78.6. The molecule has 1 saturated heterocycles. The third-order valence-electron chi connectivity index (χ3n) is 9.94. The van der Waals surface area contributed by atoms with Gasteiger partial charge in [-0.15, -0.1) is 0 Å². The van der Waals surface area contributed by atoms with Crippen molar-refractivity contribution < 1.29 is 28.7 Å². The molecule has 1 aliphatic heterocycles. The third-order valence-corrected chi connectivity index (χ3v) is 9.94. The Morgan fingerprint density at radius 3 is 1.98 bits per heavy atom. The Kier molecular flexibility index (Phi) is 7.53. The molecule has 254 valence electrons. The molecular weight excluding hydrogens is 640 g/mol. The fourth-order valence-electron chi connectivity index (χ4n) is 7.37. The zero-order chi connectivity index (χ0) is 34.7. The second-order valence-electron chi connectivity index (χ2n) is 13.4. The SMILES string of the molecule is CC(=O)c1nn(CC(=O)OC[C@]23CC2N(C(=O)Cn2nc(C(C)=O)c4cccnc42)[C@H](C(=O)N(c2ccccc2)C2CC2)C3)c2ncccc12. The van der Waals surface area contributed by atoms with Crippen molar-refractivity contribution >= 4 is 57.1 Å². The minimum atomic E-state index is -0.791. The molecule has 2 amide bonds. The largest absolute Gasteiger partial charge is 0.464 e. The minimum absolute atomic E-state index is 0.00572. The van der Waals surface area contributed by atoms with Crippen LogP contribution in [-0.2, 0) is 32.2 Å². The number of ether oxygens (including phenoxy) is 1. The maximum Gasteiger partial charge on any atom is 0.327 e. The van der Waals surface area contributed by atoms with Gasteiger partial charge in [-0.25, -0.2) is 19.3 Å². The fraction of sp³-hybridized carbons (Fsp3) is 0.361. The second kappa shape index (κ2) is 12.0. The van der Waals surface area contributed by atoms with Crippen molar-refractivity contribution in [3.63, 3.8) is 0 Å². The summed E-state index contributed by atoms with van der Waals surface area (Å²) in [6.07, 6.45) is 5.76. The Morgan fingerprint density at radius 2 is 1.40 bits per heavy atom. The third kappa shape index (κ3) is 5.40. The number of carbonyl (C=O) groups is 5. The molecule has 0 bridgehead atoms. The van der Waals surface area contributed by atoms with Crippen LogP contribution >= 0.6 is 0 Å². The molecule has 14 heteroatoms. The molecule has 2 saturated carbocycles. The quantitative estimate of drug-likeness (QED) is 0.150. The van der Waals surface area contributed by atoms with E-state index >= 15 is 0 Å². The number of amides is 2. The second-order valence-corrected chi connectivity index (χ2v) is 13.4. The predicted octanol–water partition coefficient (Wildman–Crippen LogP) is 3.38. The lowest BCUT2D eigenvalue weighted by Gasteiger charge is -2.32. The highest BCUT2D eigenvalue weighted by Crippen LogP contribution is 2.60. The van der Waals surface area contributed by atoms with Crippen LogP contribution in [0.15, 0.2) is 67.0 Å². The van der Waals surface area contributed by atoms with Crippen LogP contribution in [0, 0.1) is 5.41 Å². The number of ketones is 2. The van der Waals surface area contributed by atoms with Crippen molar-refractivity contribution in [1.29, 1.82) is 0 Å². The fourth-order valence-corrected chi connectivity index (χ4v) is 7.37. The summed E-state index contributed by atoms with van der Waals surface area (Å²) in [7, 11) is 0. The van der Waals surface area contributed by atoms with E-state index in [2.05, 4.69) is 20.2 Å². The Hall–Kier alpha value is -5.79. The molecule has 8 rings (SSSR count). The van der Waals surface area contributed by atoms with Crippen LogP contribution in [0.5, 0.6) is 0 Å². The van der Waals surface area contributed by atoms with Gasteiger partial charge in [0, 0.05) is 49.4 Å². The van der Waals surface area contributed by atoms with E-state index in [-0.39, 0.29) is 66.5 Å². The van der Waals surface area contributed by atoms with Crippen LogP contribution in [0.2, 0.25) is 0 Å². The Bertz CT molecular complexity index is 2210. The van der Waals surface area contributed by atoms with Gasteiger partial charge in [-0.2, -0.15) is 10.2 Å². The number of carbonyl (C=O) groups excluding carboxylic acids is 5. The van der Waals surface area contributed by atoms with Gasteiger partial charge in [0.2, 0.25) is 11.8 Å². The summed E-state index contributed by atoms with van der Waals surface area (Å²) >= 11 is 0. The number of pyridine rings is 2. The number of nitrogens with zero attached hydrogens (tertiary/aromatic N) is 8. The molecule has 14 nitrogen and oxygen atoms in total. The van der Waals surface area contributed by atoms with Crippen LogP contribution in [0.1, 0.15) is 60.5 Å². The number of benzene rings is 1. The number of hydrogen-bond donors (Lipinski definition) is 0. The van der Waals surface area contributed by atoms with E-state index in [0.717, 1.165) is 18.5 Å². The summed E-state index contributed by atoms with van der Waals surface area (Å²) in [5, 5.41) is 9.86. The first-order valence-corrected chi connectivity index (χ1v) is 16.6. The number of rotatable bonds is 11. The number of para-hydroxylation sites is 1. The van der Waals surface area contributed by atoms with Crippen LogP contribution in [0.4, 0.5) is 5.69 Å². The van der Waals surface area contributed by atoms with Crippen LogP contribution in [0.3, 0.4) is 0 Å². The van der Waals surface area contributed by atoms with E-state index < -0.39 is 17.4 Å². The first kappa shape index (κ1) is 31.5. The number of likely N-dealkylation sites (tertiary alicyclic amines) is 1. The van der Waals surface area contributed by atoms with Crippen LogP contribution < -0.4 is 4.90 Å². The topological polar surface area (TPSA) is 162 Å². The van der Waals surface area contributed by atoms with E-state index in [1.807, 2.05) is 30.3 Å². The summed E-state index contributed by atoms with van der Waals surface area (Å²) in [6, 6.07) is 15.2. The molecule has 0 N–H and O–H groups in total. The molecule has 2 aliphatic carbocycles. The van der Waals surface area contributed by atoms with E-state index in [4.69, 9.17) is 4.74 Å². The van der Waals surface area contributed by atoms with Gasteiger partial charge in [-0.3, -0.25) is 24.0 Å². The standard InChI is InChI=1S/C36H34N8O6/c1-21(45)31-25-10-6-14-37-33(25)41(39-31)18-29(47)44-27(35(49)43(24-12-13-24)23-8-4-3-5-9-23)16-36(17-28(36)44)20-50-30(48)19-42-34-26(11-7-15-38-34)32(40-42)22(2)46/h3-11,14-15,24,27-28H,12-13,16-20H2,1-2H3/t27-,28?,36-/m0/s1. The summed E-state index contributed by atoms with van der Waals surface area (Å²) in [6.45, 7) is 2.35. The lowest BCUT2D eigenvalue weighted by Crippen LogP contribution is -2.51. The molecule has 1 aromatic carbocycles. The van der Waals surface area contributed by atoms with Crippen molar-refractivity contribution in [2.75, 3.05) is 11.5 Å². The van der Waals surface area contributed by atoms with E-state index in [0.29, 0.717) is 34.9 Å². The highest BCUT2D eigenvalue weighted by molar-refractivity contribution is 6.05. The smallest absolute Gasteiger partial charge is 0.327 e. The van der Waals surface area contributed by atoms with Gasteiger partial charge >= 0.3 is 5.97 Å². The van der Waals surface area contributed by atoms with E-state index in [9.17, 15) is 24.0 Å². The van der Waals surface area contributed by atoms with Gasteiger partial charge in [0.25, 0.3) is 0 Å². The molecule has 3 aliphatic rings. The molecule has 0 spiro atoms. The van der Waals surface area contributed by atoms with Crippen molar-refractivity contribution in [2.45, 2.75) is 70.7 Å². The molecule has 3 atom stereocenters. The maximum absolute atomic E-state index is 14.5. The number of hydrogen-bond acceptors (Lipinski definition) is 10. The van der Waals surface area contributed by atoms with Crippen LogP contribution in [0.25, 0.3) is 22.1 Å². The molecular formula is C36H34N8O6. The highest BCUT2D eigenvalue weighted by Gasteiger charge is 2.68. The Morgan fingerprint density at radius 1 is 0.800 bits per heavy atom. The Balaban J connectivity index is 1.06. The van der Waals surface area contributed by atoms with Crippen LogP contribution in [-0.4, -0.2) is 88.5 Å². The average molecular weight is 675 g/mol. The minimum Gasteiger partial charge on any atom is -0.464 e. The normalized spacial score (nSPS) is 20.9. The maximum atomic E-state index is 14.5. The molecule has 4 aromatic heterocycles. The number of Topliss-reactive ketones (excluding diaryl/α,β-unsaturated/α-hetero) is 2. The Labute approximate surface area is 286 Å². The summed E-state index contributed by atoms with van der Waals surface area (Å²) in [5.74, 6) is -1.57. The molecule has 0 radical (unpaired) electrons. The molecule has 5 aromatic rings. The number of aromatic nitrogens is 6. The van der Waals surface area contributed by atoms with Gasteiger partial charge in [0.1, 0.15) is 30.5 Å². The zero-order valence-corrected chi connectivity index (χ0v) is 27.6. The van der Waals surface area contributed by atoms with Crippen molar-refractivity contribution in [3.8, 4) is 0 Å². The van der Waals surface area contributed by atoms with E-state index in [1.165, 1.54) is 23.2 Å². The van der Waals surface area contributed by atoms with Gasteiger partial charge in [-0.1, -0.05) is 18.2 Å². The lowest BCUT2D eigenvalue weighted by molar-refractivity contribution is -0.146. The zero-order valence-electron chi connectivity index (χ0n) is 27.6. The van der Waals surface area contributed by atoms with Gasteiger partial charge in [0.15, 0.2) is 22.9 Å². The molecule has 5 heterocycles. The predicted molar refractivity (Wildman–Crippen MR) is 179 cm³/mol. The number of piperidine rings is 1. The highest BCUT2D eigenvalue weighted by atomic mass is 16.5. The van der Waals surface area contributed by atoms with Crippen molar-refractivity contribution in [3.05, 3.63) is 78.4 Å². The monoisotopic (exact) mass is 674 g/mol. The molecule has 3 fully saturated rings. The number of fused-ring (bicyclic) bond motifs is 3. The van der Waals surface area contributed by atoms with Gasteiger partial charge in [-0.05, 0) is 62.1 Å². The van der Waals surface area contributed by atoms with Gasteiger partial charge < -0.3 is 14.5 Å². The molecule has 50 heavy (non-hydrogen) atoms. The first-order valence-electron chi connectivity index (χ1n) is 16.6. The van der Waals surface area contributed by atoms with Gasteiger partial charge in [0.05, 0.1) is 17.4 Å². The number of anilines is 1. The summed E-state index contributed by atoms with van der Waals surface area (Å²) < 4.78 is 8.60. The average Bonchev–Trinajstić information content (AvgIpc) is 3.97. The van der Waals surface area contributed by atoms with Crippen molar-refractivity contribution in [1.82, 2.24) is 34.4 Å².